The molecule has 0 unspecified atom stereocenters. The Hall–Kier alpha value is -1.35. The third kappa shape index (κ3) is 2.15. The summed E-state index contributed by atoms with van der Waals surface area (Å²) in [6.45, 7) is 5.86. The second kappa shape index (κ2) is 5.11. The van der Waals surface area contributed by atoms with Gasteiger partial charge in [0, 0.05) is 11.3 Å². The predicted octanol–water partition coefficient (Wildman–Crippen LogP) is 3.42. The van der Waals surface area contributed by atoms with Crippen molar-refractivity contribution in [3.05, 3.63) is 30.0 Å². The number of piperidine rings is 1. The highest BCUT2D eigenvalue weighted by Gasteiger charge is 2.24. The van der Waals surface area contributed by atoms with Crippen LogP contribution in [0.3, 0.4) is 0 Å². The average molecular weight is 244 g/mol. The number of aromatic nitrogens is 1. The Bertz CT molecular complexity index is 512. The van der Waals surface area contributed by atoms with Gasteiger partial charge in [-0.05, 0) is 51.0 Å². The fraction of sp³-hybridized carbons (Fsp3) is 0.533. The van der Waals surface area contributed by atoms with Gasteiger partial charge in [0.25, 0.3) is 0 Å². The number of benzene rings is 1. The van der Waals surface area contributed by atoms with Crippen molar-refractivity contribution in [3.8, 4) is 0 Å². The molecular weight excluding hydrogens is 224 g/mol. The molecule has 0 atom stereocenters. The molecule has 1 aromatic heterocycles. The summed E-state index contributed by atoms with van der Waals surface area (Å²) in [5.41, 5.74) is 2.09. The summed E-state index contributed by atoms with van der Waals surface area (Å²) >= 11 is 0. The lowest BCUT2D eigenvalue weighted by Crippen LogP contribution is -2.33. The molecule has 0 saturated carbocycles. The lowest BCUT2D eigenvalue weighted by Gasteiger charge is -2.30. The molecule has 96 valence electrons. The van der Waals surface area contributed by atoms with Gasteiger partial charge in [0.05, 0.1) is 5.69 Å². The molecule has 1 aromatic carbocycles. The molecule has 2 heterocycles. The first-order chi connectivity index (χ1) is 8.88. The summed E-state index contributed by atoms with van der Waals surface area (Å²) in [6, 6.07) is 8.19. The van der Waals surface area contributed by atoms with Crippen LogP contribution in [-0.4, -0.2) is 29.7 Å². The van der Waals surface area contributed by atoms with Crippen LogP contribution >= 0.6 is 0 Å². The van der Waals surface area contributed by atoms with Crippen molar-refractivity contribution in [1.82, 2.24) is 10.1 Å². The smallest absolute Gasteiger partial charge is 0.167 e. The molecule has 1 aliphatic heterocycles. The molecule has 1 fully saturated rings. The van der Waals surface area contributed by atoms with E-state index in [0.29, 0.717) is 5.92 Å². The third-order valence-electron chi connectivity index (χ3n) is 3.92. The normalized spacial score (nSPS) is 18.5. The number of nitrogens with zero attached hydrogens (tertiary/aromatic N) is 2. The van der Waals surface area contributed by atoms with Crippen LogP contribution in [0.1, 0.15) is 37.8 Å². The molecule has 18 heavy (non-hydrogen) atoms. The first-order valence-electron chi connectivity index (χ1n) is 6.95. The van der Waals surface area contributed by atoms with Crippen LogP contribution in [-0.2, 0) is 0 Å². The summed E-state index contributed by atoms with van der Waals surface area (Å²) in [5.74, 6) is 0.571. The highest BCUT2D eigenvalue weighted by atomic mass is 16.5. The standard InChI is InChI=1S/C15H20N2O/c1-2-9-17-10-7-12(8-11-17)15-13-5-3-4-6-14(13)18-16-15/h3-6,12H,2,7-11H2,1H3. The minimum atomic E-state index is 0.571. The maximum atomic E-state index is 5.41. The van der Waals surface area contributed by atoms with E-state index in [0.717, 1.165) is 5.58 Å². The Balaban J connectivity index is 1.76. The minimum absolute atomic E-state index is 0.571. The Morgan fingerprint density at radius 1 is 1.28 bits per heavy atom. The fourth-order valence-corrected chi connectivity index (χ4v) is 2.95. The van der Waals surface area contributed by atoms with E-state index in [2.05, 4.69) is 29.1 Å². The van der Waals surface area contributed by atoms with Gasteiger partial charge in [-0.25, -0.2) is 0 Å². The highest BCUT2D eigenvalue weighted by molar-refractivity contribution is 5.79. The predicted molar refractivity (Wildman–Crippen MR) is 72.7 cm³/mol. The molecular formula is C15H20N2O. The zero-order valence-electron chi connectivity index (χ0n) is 10.9. The van der Waals surface area contributed by atoms with Crippen molar-refractivity contribution in [1.29, 1.82) is 0 Å². The molecule has 3 nitrogen and oxygen atoms in total. The highest BCUT2D eigenvalue weighted by Crippen LogP contribution is 2.32. The number of hydrogen-bond donors (Lipinski definition) is 0. The Morgan fingerprint density at radius 2 is 2.06 bits per heavy atom. The number of likely N-dealkylation sites (tertiary alicyclic amines) is 1. The molecule has 1 aliphatic rings. The number of para-hydroxylation sites is 1. The van der Waals surface area contributed by atoms with Gasteiger partial charge < -0.3 is 9.42 Å². The van der Waals surface area contributed by atoms with Crippen molar-refractivity contribution in [2.45, 2.75) is 32.1 Å². The molecule has 0 radical (unpaired) electrons. The van der Waals surface area contributed by atoms with E-state index < -0.39 is 0 Å². The lowest BCUT2D eigenvalue weighted by molar-refractivity contribution is 0.209. The maximum Gasteiger partial charge on any atom is 0.167 e. The van der Waals surface area contributed by atoms with Crippen molar-refractivity contribution in [2.75, 3.05) is 19.6 Å². The van der Waals surface area contributed by atoms with Crippen molar-refractivity contribution in [3.63, 3.8) is 0 Å². The molecule has 0 N–H and O–H groups in total. The second-order valence-corrected chi connectivity index (χ2v) is 5.18. The van der Waals surface area contributed by atoms with Gasteiger partial charge in [0.15, 0.2) is 5.58 Å². The Kier molecular flexibility index (Phi) is 3.33. The molecule has 2 aromatic rings. The van der Waals surface area contributed by atoms with E-state index in [9.17, 15) is 0 Å². The van der Waals surface area contributed by atoms with Gasteiger partial charge in [-0.3, -0.25) is 0 Å². The molecule has 3 rings (SSSR count). The van der Waals surface area contributed by atoms with Crippen LogP contribution < -0.4 is 0 Å². The van der Waals surface area contributed by atoms with E-state index >= 15 is 0 Å². The molecule has 0 amide bonds. The minimum Gasteiger partial charge on any atom is -0.356 e. The molecule has 0 aliphatic carbocycles. The summed E-state index contributed by atoms with van der Waals surface area (Å²) in [7, 11) is 0. The van der Waals surface area contributed by atoms with E-state index in [1.807, 2.05) is 12.1 Å². The van der Waals surface area contributed by atoms with Crippen LogP contribution in [0, 0.1) is 0 Å². The zero-order valence-corrected chi connectivity index (χ0v) is 10.9. The number of hydrogen-bond acceptors (Lipinski definition) is 3. The Morgan fingerprint density at radius 3 is 2.83 bits per heavy atom. The number of rotatable bonds is 3. The molecule has 0 spiro atoms. The molecule has 3 heteroatoms. The van der Waals surface area contributed by atoms with Crippen LogP contribution in [0.2, 0.25) is 0 Å². The maximum absolute atomic E-state index is 5.41. The third-order valence-corrected chi connectivity index (χ3v) is 3.92. The van der Waals surface area contributed by atoms with E-state index in [-0.39, 0.29) is 0 Å². The summed E-state index contributed by atoms with van der Waals surface area (Å²) < 4.78 is 5.41. The van der Waals surface area contributed by atoms with Gasteiger partial charge in [-0.15, -0.1) is 0 Å². The molecule has 1 saturated heterocycles. The monoisotopic (exact) mass is 244 g/mol. The van der Waals surface area contributed by atoms with Crippen molar-refractivity contribution in [2.24, 2.45) is 0 Å². The summed E-state index contributed by atoms with van der Waals surface area (Å²) in [6.07, 6.45) is 3.66. The number of fused-ring (bicyclic) bond motifs is 1. The zero-order chi connectivity index (χ0) is 12.4. The van der Waals surface area contributed by atoms with Crippen molar-refractivity contribution < 1.29 is 4.52 Å². The van der Waals surface area contributed by atoms with Gasteiger partial charge in [-0.1, -0.05) is 24.2 Å². The van der Waals surface area contributed by atoms with Crippen LogP contribution in [0.15, 0.2) is 28.8 Å². The van der Waals surface area contributed by atoms with Crippen LogP contribution in [0.25, 0.3) is 11.0 Å². The first kappa shape index (κ1) is 11.7. The van der Waals surface area contributed by atoms with Gasteiger partial charge >= 0.3 is 0 Å². The largest absolute Gasteiger partial charge is 0.356 e. The van der Waals surface area contributed by atoms with E-state index in [4.69, 9.17) is 4.52 Å². The summed E-state index contributed by atoms with van der Waals surface area (Å²) in [5, 5.41) is 5.50. The summed E-state index contributed by atoms with van der Waals surface area (Å²) in [4.78, 5) is 2.55. The van der Waals surface area contributed by atoms with E-state index in [1.165, 1.54) is 50.0 Å². The van der Waals surface area contributed by atoms with E-state index in [1.54, 1.807) is 0 Å². The first-order valence-corrected chi connectivity index (χ1v) is 6.95. The van der Waals surface area contributed by atoms with Crippen LogP contribution in [0.4, 0.5) is 0 Å². The Labute approximate surface area is 108 Å². The molecule has 0 bridgehead atoms. The SMILES string of the molecule is CCCN1CCC(c2noc3ccccc23)CC1. The van der Waals surface area contributed by atoms with Crippen molar-refractivity contribution >= 4 is 11.0 Å². The van der Waals surface area contributed by atoms with Crippen LogP contribution in [0.5, 0.6) is 0 Å². The van der Waals surface area contributed by atoms with Gasteiger partial charge in [-0.2, -0.15) is 0 Å². The van der Waals surface area contributed by atoms with Gasteiger partial charge in [0.1, 0.15) is 0 Å². The fourth-order valence-electron chi connectivity index (χ4n) is 2.95. The second-order valence-electron chi connectivity index (χ2n) is 5.18. The quantitative estimate of drug-likeness (QED) is 0.828. The average Bonchev–Trinajstić information content (AvgIpc) is 2.84. The lowest BCUT2D eigenvalue weighted by atomic mass is 9.91. The van der Waals surface area contributed by atoms with Gasteiger partial charge in [0.2, 0.25) is 0 Å². The topological polar surface area (TPSA) is 29.3 Å².